The molecule has 0 aliphatic heterocycles. The molecule has 126 valence electrons. The van der Waals surface area contributed by atoms with Crippen LogP contribution in [0, 0.1) is 10.8 Å². The van der Waals surface area contributed by atoms with Crippen molar-refractivity contribution in [1.82, 2.24) is 9.80 Å². The smallest absolute Gasteiger partial charge is 0.0342 e. The van der Waals surface area contributed by atoms with Crippen LogP contribution in [0.25, 0.3) is 0 Å². The van der Waals surface area contributed by atoms with Gasteiger partial charge in [-0.15, -0.1) is 0 Å². The maximum absolute atomic E-state index is 6.36. The molecule has 1 fully saturated rings. The first kappa shape index (κ1) is 18.9. The molecule has 0 amide bonds. The van der Waals surface area contributed by atoms with Gasteiger partial charge >= 0.3 is 0 Å². The molecule has 1 aliphatic rings. The summed E-state index contributed by atoms with van der Waals surface area (Å²) in [7, 11) is 4.32. The van der Waals surface area contributed by atoms with Crippen molar-refractivity contribution in [3.8, 4) is 0 Å². The molecule has 0 spiro atoms. The highest BCUT2D eigenvalue weighted by molar-refractivity contribution is 5.04. The first-order valence-electron chi connectivity index (χ1n) is 8.66. The van der Waals surface area contributed by atoms with Crippen LogP contribution in [0.2, 0.25) is 0 Å². The fraction of sp³-hybridized carbons (Fsp3) is 1.00. The van der Waals surface area contributed by atoms with Crippen LogP contribution in [0.1, 0.15) is 60.3 Å². The van der Waals surface area contributed by atoms with Crippen LogP contribution in [-0.4, -0.2) is 55.6 Å². The van der Waals surface area contributed by atoms with Gasteiger partial charge in [-0.2, -0.15) is 0 Å². The molecule has 2 N–H and O–H groups in total. The zero-order chi connectivity index (χ0) is 16.3. The summed E-state index contributed by atoms with van der Waals surface area (Å²) in [6.07, 6.45) is 4.96. The van der Waals surface area contributed by atoms with Crippen molar-refractivity contribution < 1.29 is 0 Å². The second-order valence-electron chi connectivity index (χ2n) is 9.08. The van der Waals surface area contributed by atoms with Gasteiger partial charge in [0.05, 0.1) is 0 Å². The molecule has 1 saturated carbocycles. The number of hydrogen-bond donors (Lipinski definition) is 1. The predicted octanol–water partition coefficient (Wildman–Crippen LogP) is 3.19. The second kappa shape index (κ2) is 6.97. The predicted molar refractivity (Wildman–Crippen MR) is 93.6 cm³/mol. The van der Waals surface area contributed by atoms with Gasteiger partial charge in [-0.3, -0.25) is 4.90 Å². The van der Waals surface area contributed by atoms with Crippen LogP contribution in [-0.2, 0) is 0 Å². The van der Waals surface area contributed by atoms with E-state index in [9.17, 15) is 0 Å². The maximum atomic E-state index is 6.36. The van der Waals surface area contributed by atoms with Crippen LogP contribution in [0.5, 0.6) is 0 Å². The number of rotatable bonds is 7. The minimum absolute atomic E-state index is 0.178. The van der Waals surface area contributed by atoms with Crippen molar-refractivity contribution >= 4 is 0 Å². The molecule has 1 aliphatic carbocycles. The molecule has 1 rings (SSSR count). The van der Waals surface area contributed by atoms with E-state index in [0.717, 1.165) is 26.2 Å². The van der Waals surface area contributed by atoms with E-state index in [4.69, 9.17) is 5.73 Å². The summed E-state index contributed by atoms with van der Waals surface area (Å²) in [5, 5.41) is 0. The van der Waals surface area contributed by atoms with E-state index in [1.807, 2.05) is 0 Å². The fourth-order valence-electron chi connectivity index (χ4n) is 4.94. The van der Waals surface area contributed by atoms with Crippen LogP contribution in [0.4, 0.5) is 0 Å². The highest BCUT2D eigenvalue weighted by atomic mass is 15.2. The molecule has 21 heavy (non-hydrogen) atoms. The number of nitrogens with zero attached hydrogens (tertiary/aromatic N) is 2. The molecule has 0 atom stereocenters. The van der Waals surface area contributed by atoms with Gasteiger partial charge in [0.15, 0.2) is 0 Å². The lowest BCUT2D eigenvalue weighted by Crippen LogP contribution is -2.61. The van der Waals surface area contributed by atoms with E-state index in [1.165, 1.54) is 25.7 Å². The zero-order valence-electron chi connectivity index (χ0n) is 15.6. The minimum Gasteiger partial charge on any atom is -0.329 e. The van der Waals surface area contributed by atoms with E-state index in [0.29, 0.717) is 10.8 Å². The van der Waals surface area contributed by atoms with Crippen molar-refractivity contribution in [2.75, 3.05) is 40.3 Å². The van der Waals surface area contributed by atoms with Gasteiger partial charge in [0.1, 0.15) is 0 Å². The molecule has 0 bridgehead atoms. The van der Waals surface area contributed by atoms with Crippen molar-refractivity contribution in [2.24, 2.45) is 16.6 Å². The Morgan fingerprint density at radius 3 is 1.76 bits per heavy atom. The topological polar surface area (TPSA) is 32.5 Å². The summed E-state index contributed by atoms with van der Waals surface area (Å²) >= 11 is 0. The Bertz CT molecular complexity index is 304. The molecule has 3 heteroatoms. The third-order valence-corrected chi connectivity index (χ3v) is 4.93. The standard InChI is InChI=1S/C18H39N3/c1-8-9-21(11-10-20(6)7)18(15-19)13-16(2,3)12-17(4,5)14-18/h8-15,19H2,1-7H3. The van der Waals surface area contributed by atoms with Crippen LogP contribution in [0.15, 0.2) is 0 Å². The third kappa shape index (κ3) is 5.22. The van der Waals surface area contributed by atoms with Gasteiger partial charge in [-0.05, 0) is 57.2 Å². The number of likely N-dealkylation sites (N-methyl/N-ethyl adjacent to an activating group) is 1. The van der Waals surface area contributed by atoms with Gasteiger partial charge in [0.25, 0.3) is 0 Å². The lowest BCUT2D eigenvalue weighted by atomic mass is 9.58. The zero-order valence-corrected chi connectivity index (χ0v) is 15.6. The number of hydrogen-bond acceptors (Lipinski definition) is 3. The lowest BCUT2D eigenvalue weighted by molar-refractivity contribution is -0.0454. The monoisotopic (exact) mass is 297 g/mol. The van der Waals surface area contributed by atoms with Crippen molar-refractivity contribution in [2.45, 2.75) is 65.8 Å². The van der Waals surface area contributed by atoms with Crippen molar-refractivity contribution in [1.29, 1.82) is 0 Å². The molecule has 0 aromatic heterocycles. The molecule has 0 aromatic carbocycles. The Balaban J connectivity index is 3.02. The molecule has 0 saturated heterocycles. The van der Waals surface area contributed by atoms with Crippen molar-refractivity contribution in [3.05, 3.63) is 0 Å². The highest BCUT2D eigenvalue weighted by Crippen LogP contribution is 2.51. The van der Waals surface area contributed by atoms with E-state index >= 15 is 0 Å². The van der Waals surface area contributed by atoms with Crippen LogP contribution < -0.4 is 5.73 Å². The fourth-order valence-corrected chi connectivity index (χ4v) is 4.94. The molecule has 0 heterocycles. The average Bonchev–Trinajstić information content (AvgIpc) is 2.30. The summed E-state index contributed by atoms with van der Waals surface area (Å²) < 4.78 is 0. The largest absolute Gasteiger partial charge is 0.329 e. The Kier molecular flexibility index (Phi) is 6.28. The minimum atomic E-state index is 0.178. The Labute approximate surface area is 133 Å². The molecule has 0 unspecified atom stereocenters. The van der Waals surface area contributed by atoms with Crippen LogP contribution >= 0.6 is 0 Å². The SMILES string of the molecule is CCCN(CCN(C)C)C1(CN)CC(C)(C)CC(C)(C)C1. The Hall–Kier alpha value is -0.120. The lowest BCUT2D eigenvalue weighted by Gasteiger charge is -2.56. The molecular formula is C18H39N3. The van der Waals surface area contributed by atoms with Crippen LogP contribution in [0.3, 0.4) is 0 Å². The summed E-state index contributed by atoms with van der Waals surface area (Å²) in [6, 6.07) is 0. The highest BCUT2D eigenvalue weighted by Gasteiger charge is 2.49. The van der Waals surface area contributed by atoms with E-state index in [1.54, 1.807) is 0 Å². The Morgan fingerprint density at radius 2 is 1.38 bits per heavy atom. The summed E-state index contributed by atoms with van der Waals surface area (Å²) in [5.41, 5.74) is 7.30. The van der Waals surface area contributed by atoms with E-state index < -0.39 is 0 Å². The maximum Gasteiger partial charge on any atom is 0.0342 e. The molecule has 3 nitrogen and oxygen atoms in total. The van der Waals surface area contributed by atoms with Gasteiger partial charge in [0.2, 0.25) is 0 Å². The number of nitrogens with two attached hydrogens (primary N) is 1. The Morgan fingerprint density at radius 1 is 0.857 bits per heavy atom. The van der Waals surface area contributed by atoms with Gasteiger partial charge in [-0.25, -0.2) is 0 Å². The van der Waals surface area contributed by atoms with E-state index in [-0.39, 0.29) is 5.54 Å². The quantitative estimate of drug-likeness (QED) is 0.783. The van der Waals surface area contributed by atoms with Crippen molar-refractivity contribution in [3.63, 3.8) is 0 Å². The summed E-state index contributed by atoms with van der Waals surface area (Å²) in [6.45, 7) is 16.2. The van der Waals surface area contributed by atoms with Gasteiger partial charge in [0, 0.05) is 25.2 Å². The molecule has 0 radical (unpaired) electrons. The normalized spacial score (nSPS) is 23.7. The van der Waals surface area contributed by atoms with Gasteiger partial charge in [-0.1, -0.05) is 34.6 Å². The summed E-state index contributed by atoms with van der Waals surface area (Å²) in [4.78, 5) is 4.99. The third-order valence-electron chi connectivity index (χ3n) is 4.93. The first-order valence-corrected chi connectivity index (χ1v) is 8.66. The van der Waals surface area contributed by atoms with Gasteiger partial charge < -0.3 is 10.6 Å². The molecular weight excluding hydrogens is 258 g/mol. The second-order valence-corrected chi connectivity index (χ2v) is 9.08. The average molecular weight is 298 g/mol. The molecule has 0 aromatic rings. The van der Waals surface area contributed by atoms with E-state index in [2.05, 4.69) is 58.5 Å². The first-order chi connectivity index (χ1) is 9.56. The summed E-state index contributed by atoms with van der Waals surface area (Å²) in [5.74, 6) is 0.